The molecular formula is C12H12F2N4O. The molecule has 1 heterocycles. The number of hydrogen-bond acceptors (Lipinski definition) is 3. The molecule has 0 aliphatic carbocycles. The normalized spacial score (nSPS) is 10.5. The van der Waals surface area contributed by atoms with E-state index in [9.17, 15) is 13.6 Å². The van der Waals surface area contributed by atoms with E-state index in [-0.39, 0.29) is 18.1 Å². The molecule has 2 rings (SSSR count). The maximum Gasteiger partial charge on any atom is 0.273 e. The van der Waals surface area contributed by atoms with E-state index in [1.165, 1.54) is 23.0 Å². The van der Waals surface area contributed by atoms with E-state index in [2.05, 4.69) is 15.6 Å². The average Bonchev–Trinajstić information content (AvgIpc) is 2.74. The van der Waals surface area contributed by atoms with Crippen LogP contribution in [0.2, 0.25) is 0 Å². The summed E-state index contributed by atoms with van der Waals surface area (Å²) in [5, 5.41) is 9.88. The Labute approximate surface area is 108 Å². The molecule has 0 unspecified atom stereocenters. The molecule has 0 spiro atoms. The van der Waals surface area contributed by atoms with E-state index in [1.807, 2.05) is 0 Å². The van der Waals surface area contributed by atoms with Crippen LogP contribution in [0.1, 0.15) is 16.1 Å². The molecular weight excluding hydrogens is 254 g/mol. The molecule has 100 valence electrons. The zero-order valence-electron chi connectivity index (χ0n) is 10.2. The first-order chi connectivity index (χ1) is 9.04. The van der Waals surface area contributed by atoms with E-state index in [0.717, 1.165) is 6.07 Å². The van der Waals surface area contributed by atoms with Crippen molar-refractivity contribution < 1.29 is 13.6 Å². The molecule has 19 heavy (non-hydrogen) atoms. The summed E-state index contributed by atoms with van der Waals surface area (Å²) in [6.07, 6.45) is 1.82. The number of aryl methyl sites for hydroxylation is 1. The van der Waals surface area contributed by atoms with Crippen molar-refractivity contribution >= 4 is 5.91 Å². The monoisotopic (exact) mass is 266 g/mol. The van der Waals surface area contributed by atoms with Crippen molar-refractivity contribution in [3.05, 3.63) is 47.3 Å². The van der Waals surface area contributed by atoms with Gasteiger partial charge in [0.1, 0.15) is 11.6 Å². The Morgan fingerprint density at radius 1 is 1.32 bits per heavy atom. The van der Waals surface area contributed by atoms with Crippen molar-refractivity contribution in [2.45, 2.75) is 6.42 Å². The van der Waals surface area contributed by atoms with Crippen molar-refractivity contribution in [3.8, 4) is 0 Å². The Balaban J connectivity index is 1.88. The summed E-state index contributed by atoms with van der Waals surface area (Å²) in [6, 6.07) is 3.27. The number of rotatable bonds is 4. The second-order valence-corrected chi connectivity index (χ2v) is 4.06. The number of nitrogens with zero attached hydrogens (tertiary/aromatic N) is 3. The number of benzene rings is 1. The van der Waals surface area contributed by atoms with E-state index < -0.39 is 11.6 Å². The van der Waals surface area contributed by atoms with Crippen molar-refractivity contribution in [2.75, 3.05) is 6.54 Å². The molecule has 1 aromatic heterocycles. The number of hydrogen-bond donors (Lipinski definition) is 1. The quantitative estimate of drug-likeness (QED) is 0.900. The average molecular weight is 266 g/mol. The lowest BCUT2D eigenvalue weighted by Crippen LogP contribution is -2.26. The van der Waals surface area contributed by atoms with Crippen LogP contribution in [0.3, 0.4) is 0 Å². The van der Waals surface area contributed by atoms with Gasteiger partial charge in [-0.15, -0.1) is 5.10 Å². The van der Waals surface area contributed by atoms with E-state index in [0.29, 0.717) is 12.0 Å². The van der Waals surface area contributed by atoms with Crippen molar-refractivity contribution in [1.29, 1.82) is 0 Å². The standard InChI is InChI=1S/C12H12F2N4O/c1-18-7-11(16-17-18)12(19)15-3-2-8-4-9(13)6-10(14)5-8/h4-7H,2-3H2,1H3,(H,15,19). The molecule has 1 N–H and O–H groups in total. The maximum absolute atomic E-state index is 12.9. The van der Waals surface area contributed by atoms with Crippen molar-refractivity contribution in [3.63, 3.8) is 0 Å². The lowest BCUT2D eigenvalue weighted by atomic mass is 10.1. The van der Waals surface area contributed by atoms with Crippen LogP contribution in [0.5, 0.6) is 0 Å². The van der Waals surface area contributed by atoms with Gasteiger partial charge in [0, 0.05) is 19.7 Å². The Hall–Kier alpha value is -2.31. The molecule has 0 aliphatic rings. The van der Waals surface area contributed by atoms with Gasteiger partial charge in [-0.25, -0.2) is 8.78 Å². The van der Waals surface area contributed by atoms with Gasteiger partial charge in [-0.3, -0.25) is 9.48 Å². The van der Waals surface area contributed by atoms with Gasteiger partial charge in [0.15, 0.2) is 5.69 Å². The van der Waals surface area contributed by atoms with Gasteiger partial charge in [0.25, 0.3) is 5.91 Å². The zero-order valence-corrected chi connectivity index (χ0v) is 10.2. The summed E-state index contributed by atoms with van der Waals surface area (Å²) in [5.41, 5.74) is 0.685. The van der Waals surface area contributed by atoms with Crippen molar-refractivity contribution in [1.82, 2.24) is 20.3 Å². The maximum atomic E-state index is 12.9. The van der Waals surface area contributed by atoms with Gasteiger partial charge < -0.3 is 5.32 Å². The fourth-order valence-electron chi connectivity index (χ4n) is 1.62. The molecule has 5 nitrogen and oxygen atoms in total. The Kier molecular flexibility index (Phi) is 3.84. The first-order valence-electron chi connectivity index (χ1n) is 5.64. The highest BCUT2D eigenvalue weighted by Gasteiger charge is 2.09. The lowest BCUT2D eigenvalue weighted by molar-refractivity contribution is 0.0949. The highest BCUT2D eigenvalue weighted by atomic mass is 19.1. The summed E-state index contributed by atoms with van der Waals surface area (Å²) in [5.74, 6) is -1.63. The number of aromatic nitrogens is 3. The summed E-state index contributed by atoms with van der Waals surface area (Å²) in [7, 11) is 1.65. The van der Waals surface area contributed by atoms with Crippen LogP contribution < -0.4 is 5.32 Å². The molecule has 0 radical (unpaired) electrons. The van der Waals surface area contributed by atoms with E-state index >= 15 is 0 Å². The third-order valence-electron chi connectivity index (χ3n) is 2.46. The minimum atomic E-state index is -0.629. The van der Waals surface area contributed by atoms with E-state index in [1.54, 1.807) is 7.05 Å². The zero-order chi connectivity index (χ0) is 13.8. The van der Waals surface area contributed by atoms with Gasteiger partial charge in [0.05, 0.1) is 6.20 Å². The highest BCUT2D eigenvalue weighted by molar-refractivity contribution is 5.91. The molecule has 0 saturated heterocycles. The Morgan fingerprint density at radius 3 is 2.58 bits per heavy atom. The first kappa shape index (κ1) is 13.1. The molecule has 1 aromatic carbocycles. The number of carbonyl (C=O) groups excluding carboxylic acids is 1. The molecule has 0 aliphatic heterocycles. The third kappa shape index (κ3) is 3.57. The van der Waals surface area contributed by atoms with Crippen LogP contribution in [-0.2, 0) is 13.5 Å². The fraction of sp³-hybridized carbons (Fsp3) is 0.250. The third-order valence-corrected chi connectivity index (χ3v) is 2.46. The number of nitrogens with one attached hydrogen (secondary N) is 1. The largest absolute Gasteiger partial charge is 0.350 e. The Morgan fingerprint density at radius 2 is 2.00 bits per heavy atom. The predicted molar refractivity (Wildman–Crippen MR) is 63.4 cm³/mol. The minimum absolute atomic E-state index is 0.202. The molecule has 0 fully saturated rings. The minimum Gasteiger partial charge on any atom is -0.350 e. The molecule has 0 saturated carbocycles. The summed E-state index contributed by atoms with van der Waals surface area (Å²) in [6.45, 7) is 0.262. The predicted octanol–water partition coefficient (Wildman–Crippen LogP) is 1.07. The topological polar surface area (TPSA) is 59.8 Å². The van der Waals surface area contributed by atoms with Gasteiger partial charge in [-0.05, 0) is 24.1 Å². The smallest absolute Gasteiger partial charge is 0.273 e. The molecule has 7 heteroatoms. The molecule has 0 bridgehead atoms. The van der Waals surface area contributed by atoms with Crippen LogP contribution in [0.15, 0.2) is 24.4 Å². The van der Waals surface area contributed by atoms with Gasteiger partial charge in [-0.1, -0.05) is 5.21 Å². The van der Waals surface area contributed by atoms with Crippen LogP contribution in [0.4, 0.5) is 8.78 Å². The van der Waals surface area contributed by atoms with Gasteiger partial charge in [0.2, 0.25) is 0 Å². The summed E-state index contributed by atoms with van der Waals surface area (Å²) >= 11 is 0. The molecule has 1 amide bonds. The fourth-order valence-corrected chi connectivity index (χ4v) is 1.62. The summed E-state index contributed by atoms with van der Waals surface area (Å²) in [4.78, 5) is 11.6. The van der Waals surface area contributed by atoms with Crippen LogP contribution in [0, 0.1) is 11.6 Å². The highest BCUT2D eigenvalue weighted by Crippen LogP contribution is 2.08. The van der Waals surface area contributed by atoms with Gasteiger partial charge in [-0.2, -0.15) is 0 Å². The number of amides is 1. The van der Waals surface area contributed by atoms with Crippen molar-refractivity contribution in [2.24, 2.45) is 7.05 Å². The number of halogens is 2. The Bertz CT molecular complexity index is 577. The van der Waals surface area contributed by atoms with Gasteiger partial charge >= 0.3 is 0 Å². The summed E-state index contributed by atoms with van der Waals surface area (Å²) < 4.78 is 27.3. The first-order valence-corrected chi connectivity index (χ1v) is 5.64. The second-order valence-electron chi connectivity index (χ2n) is 4.06. The second kappa shape index (κ2) is 5.55. The lowest BCUT2D eigenvalue weighted by Gasteiger charge is -2.04. The van der Waals surface area contributed by atoms with Crippen LogP contribution >= 0.6 is 0 Å². The van der Waals surface area contributed by atoms with Crippen LogP contribution in [-0.4, -0.2) is 27.4 Å². The number of carbonyl (C=O) groups is 1. The molecule has 2 aromatic rings. The SMILES string of the molecule is Cn1cc(C(=O)NCCc2cc(F)cc(F)c2)nn1. The molecule has 0 atom stereocenters. The van der Waals surface area contributed by atoms with Crippen LogP contribution in [0.25, 0.3) is 0 Å². The van der Waals surface area contributed by atoms with E-state index in [4.69, 9.17) is 0 Å².